The van der Waals surface area contributed by atoms with Gasteiger partial charge in [0.25, 0.3) is 5.91 Å². The molecule has 1 aromatic carbocycles. The number of nitrogens with one attached hydrogen (secondary N) is 1. The molecule has 0 aliphatic carbocycles. The van der Waals surface area contributed by atoms with Crippen LogP contribution in [0.3, 0.4) is 0 Å². The lowest BCUT2D eigenvalue weighted by Gasteiger charge is -2.34. The molecule has 1 saturated heterocycles. The second-order valence-corrected chi connectivity index (χ2v) is 5.40. The van der Waals surface area contributed by atoms with E-state index in [9.17, 15) is 14.0 Å². The van der Waals surface area contributed by atoms with Crippen LogP contribution in [0.1, 0.15) is 22.1 Å². The summed E-state index contributed by atoms with van der Waals surface area (Å²) >= 11 is 0. The summed E-state index contributed by atoms with van der Waals surface area (Å²) in [6.07, 6.45) is 1.49. The van der Waals surface area contributed by atoms with E-state index in [4.69, 9.17) is 5.73 Å². The third kappa shape index (κ3) is 3.11. The number of amides is 2. The van der Waals surface area contributed by atoms with E-state index in [1.54, 1.807) is 6.07 Å². The van der Waals surface area contributed by atoms with Gasteiger partial charge < -0.3 is 16.0 Å². The Morgan fingerprint density at radius 3 is 3.04 bits per heavy atom. The number of nitrogens with two attached hydrogens (primary N) is 1. The molecule has 0 spiro atoms. The molecule has 1 aliphatic heterocycles. The number of aromatic nitrogens is 3. The summed E-state index contributed by atoms with van der Waals surface area (Å²) in [7, 11) is 0. The fraction of sp³-hybridized carbons (Fsp3) is 0.333. The number of rotatable bonds is 4. The molecule has 0 unspecified atom stereocenters. The van der Waals surface area contributed by atoms with Gasteiger partial charge in [0.1, 0.15) is 11.9 Å². The first kappa shape index (κ1) is 16.1. The molecule has 126 valence electrons. The number of hydrogen-bond donors (Lipinski definition) is 2. The standard InChI is InChI=1S/C15H17FN6O2/c16-11-3-1-2-10(8-11)13-14(23)18-5-7-22(13)15(24)12-9-21(6-4-17)20-19-12/h1-3,8-9,13H,4-7,17H2,(H,18,23)/t13-/m1/s1. The maximum absolute atomic E-state index is 13.5. The molecule has 9 heteroatoms. The molecule has 1 aromatic heterocycles. The van der Waals surface area contributed by atoms with Crippen molar-refractivity contribution in [2.24, 2.45) is 5.73 Å². The Balaban J connectivity index is 1.90. The van der Waals surface area contributed by atoms with Crippen LogP contribution < -0.4 is 11.1 Å². The highest BCUT2D eigenvalue weighted by Gasteiger charge is 2.35. The fourth-order valence-corrected chi connectivity index (χ4v) is 2.68. The van der Waals surface area contributed by atoms with Gasteiger partial charge >= 0.3 is 0 Å². The minimum atomic E-state index is -0.901. The average Bonchev–Trinajstić information content (AvgIpc) is 3.03. The molecule has 0 bridgehead atoms. The summed E-state index contributed by atoms with van der Waals surface area (Å²) in [4.78, 5) is 26.4. The van der Waals surface area contributed by atoms with E-state index < -0.39 is 17.8 Å². The van der Waals surface area contributed by atoms with Crippen molar-refractivity contribution in [2.75, 3.05) is 19.6 Å². The van der Waals surface area contributed by atoms with E-state index in [0.717, 1.165) is 0 Å². The molecule has 0 saturated carbocycles. The van der Waals surface area contributed by atoms with Crippen molar-refractivity contribution in [1.29, 1.82) is 0 Å². The van der Waals surface area contributed by atoms with E-state index in [-0.39, 0.29) is 11.6 Å². The summed E-state index contributed by atoms with van der Waals surface area (Å²) < 4.78 is 15.0. The summed E-state index contributed by atoms with van der Waals surface area (Å²) in [6, 6.07) is 4.76. The Kier molecular flexibility index (Phi) is 4.52. The van der Waals surface area contributed by atoms with Crippen LogP contribution >= 0.6 is 0 Å². The van der Waals surface area contributed by atoms with Gasteiger partial charge in [-0.15, -0.1) is 5.10 Å². The van der Waals surface area contributed by atoms with Crippen molar-refractivity contribution in [3.63, 3.8) is 0 Å². The number of hydrogen-bond acceptors (Lipinski definition) is 5. The summed E-state index contributed by atoms with van der Waals surface area (Å²) in [6.45, 7) is 1.44. The van der Waals surface area contributed by atoms with Crippen molar-refractivity contribution < 1.29 is 14.0 Å². The maximum atomic E-state index is 13.5. The topological polar surface area (TPSA) is 106 Å². The van der Waals surface area contributed by atoms with Crippen LogP contribution in [0, 0.1) is 5.82 Å². The predicted octanol–water partition coefficient (Wildman–Crippen LogP) is -0.311. The monoisotopic (exact) mass is 332 g/mol. The number of carbonyl (C=O) groups is 2. The van der Waals surface area contributed by atoms with Crippen molar-refractivity contribution in [3.8, 4) is 0 Å². The molecule has 24 heavy (non-hydrogen) atoms. The molecule has 3 N–H and O–H groups in total. The quantitative estimate of drug-likeness (QED) is 0.799. The average molecular weight is 332 g/mol. The van der Waals surface area contributed by atoms with Crippen LogP contribution in [-0.2, 0) is 11.3 Å². The molecule has 2 aromatic rings. The fourth-order valence-electron chi connectivity index (χ4n) is 2.68. The normalized spacial score (nSPS) is 17.7. The van der Waals surface area contributed by atoms with Crippen molar-refractivity contribution in [2.45, 2.75) is 12.6 Å². The second-order valence-electron chi connectivity index (χ2n) is 5.40. The SMILES string of the molecule is NCCn1cc(C(=O)N2CCNC(=O)[C@H]2c2cccc(F)c2)nn1. The van der Waals surface area contributed by atoms with Crippen LogP contribution in [0.2, 0.25) is 0 Å². The van der Waals surface area contributed by atoms with Gasteiger partial charge in [0.2, 0.25) is 5.91 Å². The molecule has 1 fully saturated rings. The Morgan fingerprint density at radius 2 is 2.29 bits per heavy atom. The smallest absolute Gasteiger partial charge is 0.277 e. The number of halogens is 1. The van der Waals surface area contributed by atoms with Crippen LogP contribution in [0.4, 0.5) is 4.39 Å². The molecular weight excluding hydrogens is 315 g/mol. The largest absolute Gasteiger partial charge is 0.352 e. The molecule has 1 aliphatic rings. The Labute approximate surface area is 137 Å². The first-order valence-corrected chi connectivity index (χ1v) is 7.54. The molecule has 2 heterocycles. The lowest BCUT2D eigenvalue weighted by molar-refractivity contribution is -0.128. The molecule has 3 rings (SSSR count). The van der Waals surface area contributed by atoms with Gasteiger partial charge in [0.15, 0.2) is 5.69 Å². The van der Waals surface area contributed by atoms with Crippen molar-refractivity contribution >= 4 is 11.8 Å². The lowest BCUT2D eigenvalue weighted by Crippen LogP contribution is -2.52. The molecule has 2 amide bonds. The summed E-state index contributed by atoms with van der Waals surface area (Å²) in [5.74, 6) is -1.25. The molecular formula is C15H17FN6O2. The van der Waals surface area contributed by atoms with E-state index in [0.29, 0.717) is 31.7 Å². The van der Waals surface area contributed by atoms with Gasteiger partial charge in [0, 0.05) is 19.6 Å². The summed E-state index contributed by atoms with van der Waals surface area (Å²) in [5.41, 5.74) is 5.98. The zero-order valence-corrected chi connectivity index (χ0v) is 12.9. The highest BCUT2D eigenvalue weighted by atomic mass is 19.1. The van der Waals surface area contributed by atoms with Gasteiger partial charge in [-0.1, -0.05) is 17.3 Å². The van der Waals surface area contributed by atoms with Gasteiger partial charge in [-0.25, -0.2) is 4.39 Å². The summed E-state index contributed by atoms with van der Waals surface area (Å²) in [5, 5.41) is 10.4. The zero-order valence-electron chi connectivity index (χ0n) is 12.9. The van der Waals surface area contributed by atoms with Crippen LogP contribution in [0.25, 0.3) is 0 Å². The Hall–Kier alpha value is -2.81. The molecule has 1 atom stereocenters. The maximum Gasteiger partial charge on any atom is 0.277 e. The van der Waals surface area contributed by atoms with Gasteiger partial charge in [0.05, 0.1) is 12.7 Å². The number of carbonyl (C=O) groups excluding carboxylic acids is 2. The molecule has 0 radical (unpaired) electrons. The van der Waals surface area contributed by atoms with E-state index in [1.807, 2.05) is 0 Å². The number of nitrogens with zero attached hydrogens (tertiary/aromatic N) is 4. The first-order chi connectivity index (χ1) is 11.6. The zero-order chi connectivity index (χ0) is 17.1. The van der Waals surface area contributed by atoms with Crippen molar-refractivity contribution in [1.82, 2.24) is 25.2 Å². The van der Waals surface area contributed by atoms with Gasteiger partial charge in [-0.2, -0.15) is 0 Å². The van der Waals surface area contributed by atoms with Crippen LogP contribution in [-0.4, -0.2) is 51.3 Å². The van der Waals surface area contributed by atoms with Gasteiger partial charge in [-0.05, 0) is 17.7 Å². The van der Waals surface area contributed by atoms with Gasteiger partial charge in [-0.3, -0.25) is 14.3 Å². The van der Waals surface area contributed by atoms with E-state index in [1.165, 1.54) is 34.0 Å². The lowest BCUT2D eigenvalue weighted by atomic mass is 10.0. The highest BCUT2D eigenvalue weighted by Crippen LogP contribution is 2.25. The number of benzene rings is 1. The Bertz CT molecular complexity index is 762. The third-order valence-electron chi connectivity index (χ3n) is 3.75. The predicted molar refractivity (Wildman–Crippen MR) is 82.3 cm³/mol. The minimum Gasteiger partial charge on any atom is -0.352 e. The van der Waals surface area contributed by atoms with E-state index >= 15 is 0 Å². The highest BCUT2D eigenvalue weighted by molar-refractivity contribution is 5.97. The second kappa shape index (κ2) is 6.75. The van der Waals surface area contributed by atoms with Crippen LogP contribution in [0.5, 0.6) is 0 Å². The third-order valence-corrected chi connectivity index (χ3v) is 3.75. The van der Waals surface area contributed by atoms with E-state index in [2.05, 4.69) is 15.6 Å². The first-order valence-electron chi connectivity index (χ1n) is 7.54. The minimum absolute atomic E-state index is 0.125. The Morgan fingerprint density at radius 1 is 1.46 bits per heavy atom. The van der Waals surface area contributed by atoms with Crippen LogP contribution in [0.15, 0.2) is 30.5 Å². The number of piperazine rings is 1. The van der Waals surface area contributed by atoms with Crippen molar-refractivity contribution in [3.05, 3.63) is 47.5 Å². The molecule has 8 nitrogen and oxygen atoms in total.